The molecule has 1 N–H and O–H groups in total. The first-order chi connectivity index (χ1) is 9.19. The molecular formula is C10H11FN2O6S. The molecule has 0 fully saturated rings. The average molecular weight is 306 g/mol. The molecule has 1 rings (SSSR count). The van der Waals surface area contributed by atoms with Gasteiger partial charge in [-0.2, -0.15) is 9.11 Å². The van der Waals surface area contributed by atoms with E-state index in [1.807, 2.05) is 4.72 Å². The number of methoxy groups -OCH3 is 1. The zero-order valence-corrected chi connectivity index (χ0v) is 11.3. The minimum Gasteiger partial charge on any atom is -0.468 e. The molecule has 1 aromatic rings. The highest BCUT2D eigenvalue weighted by Crippen LogP contribution is 2.20. The number of hydrogen-bond acceptors (Lipinski definition) is 6. The number of hydrogen-bond donors (Lipinski definition) is 1. The summed E-state index contributed by atoms with van der Waals surface area (Å²) in [4.78, 5) is 20.0. The van der Waals surface area contributed by atoms with Crippen LogP contribution in [0.5, 0.6) is 0 Å². The monoisotopic (exact) mass is 306 g/mol. The topological polar surface area (TPSA) is 116 Å². The molecule has 1 aromatic carbocycles. The van der Waals surface area contributed by atoms with Gasteiger partial charge in [-0.25, -0.2) is 8.42 Å². The van der Waals surface area contributed by atoms with E-state index in [2.05, 4.69) is 4.74 Å². The van der Waals surface area contributed by atoms with Crippen LogP contribution in [-0.2, 0) is 19.6 Å². The highest BCUT2D eigenvalue weighted by Gasteiger charge is 2.25. The Morgan fingerprint density at radius 1 is 1.50 bits per heavy atom. The van der Waals surface area contributed by atoms with Crippen molar-refractivity contribution in [3.8, 4) is 0 Å². The van der Waals surface area contributed by atoms with Gasteiger partial charge >= 0.3 is 11.7 Å². The van der Waals surface area contributed by atoms with Crippen molar-refractivity contribution in [1.82, 2.24) is 4.72 Å². The number of carbonyl (C=O) groups excluding carboxylic acids is 1. The second kappa shape index (κ2) is 5.92. The predicted molar refractivity (Wildman–Crippen MR) is 64.9 cm³/mol. The van der Waals surface area contributed by atoms with Crippen molar-refractivity contribution >= 4 is 21.7 Å². The Hall–Kier alpha value is -2.07. The third-order valence-electron chi connectivity index (χ3n) is 2.31. The molecule has 20 heavy (non-hydrogen) atoms. The number of carbonyl (C=O) groups is 1. The molecule has 0 aliphatic rings. The molecule has 0 saturated carbocycles. The van der Waals surface area contributed by atoms with E-state index in [-0.39, 0.29) is 0 Å². The fourth-order valence-corrected chi connectivity index (χ4v) is 2.53. The van der Waals surface area contributed by atoms with Crippen LogP contribution in [0.25, 0.3) is 0 Å². The summed E-state index contributed by atoms with van der Waals surface area (Å²) < 4.78 is 43.3. The SMILES string of the molecule is COC(=O)C(C)NS(=O)(=O)c1ccc([N+](=O)[O-])c(F)c1. The fraction of sp³-hybridized carbons (Fsp3) is 0.300. The summed E-state index contributed by atoms with van der Waals surface area (Å²) in [5.41, 5.74) is -0.843. The molecule has 0 aromatic heterocycles. The number of benzene rings is 1. The summed E-state index contributed by atoms with van der Waals surface area (Å²) in [6.45, 7) is 1.24. The highest BCUT2D eigenvalue weighted by molar-refractivity contribution is 7.89. The summed E-state index contributed by atoms with van der Waals surface area (Å²) in [6, 6.07) is 0.924. The van der Waals surface area contributed by atoms with Crippen LogP contribution in [0.1, 0.15) is 6.92 Å². The van der Waals surface area contributed by atoms with Crippen LogP contribution in [0.3, 0.4) is 0 Å². The van der Waals surface area contributed by atoms with Crippen LogP contribution in [0.15, 0.2) is 23.1 Å². The van der Waals surface area contributed by atoms with Gasteiger partial charge in [0.25, 0.3) is 0 Å². The molecule has 0 radical (unpaired) electrons. The van der Waals surface area contributed by atoms with Crippen LogP contribution in [0.4, 0.5) is 10.1 Å². The smallest absolute Gasteiger partial charge is 0.323 e. The van der Waals surface area contributed by atoms with Gasteiger partial charge in [0, 0.05) is 12.1 Å². The van der Waals surface area contributed by atoms with Crippen LogP contribution in [0, 0.1) is 15.9 Å². The van der Waals surface area contributed by atoms with Gasteiger partial charge in [-0.3, -0.25) is 14.9 Å². The molecule has 0 aliphatic heterocycles. The van der Waals surface area contributed by atoms with Crippen LogP contribution < -0.4 is 4.72 Å². The van der Waals surface area contributed by atoms with Gasteiger partial charge < -0.3 is 4.74 Å². The summed E-state index contributed by atoms with van der Waals surface area (Å²) >= 11 is 0. The van der Waals surface area contributed by atoms with Gasteiger partial charge in [-0.1, -0.05) is 0 Å². The summed E-state index contributed by atoms with van der Waals surface area (Å²) in [6.07, 6.45) is 0. The average Bonchev–Trinajstić information content (AvgIpc) is 2.36. The molecule has 1 unspecified atom stereocenters. The second-order valence-electron chi connectivity index (χ2n) is 3.74. The fourth-order valence-electron chi connectivity index (χ4n) is 1.33. The summed E-state index contributed by atoms with van der Waals surface area (Å²) in [7, 11) is -3.11. The second-order valence-corrected chi connectivity index (χ2v) is 5.45. The molecule has 0 spiro atoms. The quantitative estimate of drug-likeness (QED) is 0.483. The van der Waals surface area contributed by atoms with E-state index in [0.717, 1.165) is 19.2 Å². The van der Waals surface area contributed by atoms with Gasteiger partial charge in [0.1, 0.15) is 6.04 Å². The maximum atomic E-state index is 13.4. The Kier molecular flexibility index (Phi) is 4.73. The molecule has 0 bridgehead atoms. The molecule has 0 amide bonds. The van der Waals surface area contributed by atoms with E-state index in [0.29, 0.717) is 6.07 Å². The number of halogens is 1. The molecule has 0 saturated heterocycles. The van der Waals surface area contributed by atoms with E-state index in [1.165, 1.54) is 6.92 Å². The first-order valence-electron chi connectivity index (χ1n) is 5.23. The number of nitrogens with one attached hydrogen (secondary N) is 1. The molecule has 0 aliphatic carbocycles. The van der Waals surface area contributed by atoms with Gasteiger partial charge in [0.2, 0.25) is 15.8 Å². The van der Waals surface area contributed by atoms with E-state index >= 15 is 0 Å². The molecular weight excluding hydrogens is 295 g/mol. The standard InChI is InChI=1S/C10H11FN2O6S/c1-6(10(14)19-2)12-20(17,18)7-3-4-9(13(15)16)8(11)5-7/h3-6,12H,1-2H3. The summed E-state index contributed by atoms with van der Waals surface area (Å²) in [5.74, 6) is -2.11. The van der Waals surface area contributed by atoms with Crippen molar-refractivity contribution in [3.05, 3.63) is 34.1 Å². The maximum absolute atomic E-state index is 13.4. The zero-order valence-electron chi connectivity index (χ0n) is 10.5. The first kappa shape index (κ1) is 16.0. The lowest BCUT2D eigenvalue weighted by Gasteiger charge is -2.12. The number of nitro groups is 1. The Balaban J connectivity index is 3.08. The number of nitro benzene ring substituents is 1. The van der Waals surface area contributed by atoms with Crippen molar-refractivity contribution in [2.75, 3.05) is 7.11 Å². The Morgan fingerprint density at radius 3 is 2.55 bits per heavy atom. The highest BCUT2D eigenvalue weighted by atomic mass is 32.2. The molecule has 110 valence electrons. The predicted octanol–water partition coefficient (Wildman–Crippen LogP) is 0.574. The van der Waals surface area contributed by atoms with Gasteiger partial charge in [-0.05, 0) is 13.0 Å². The molecule has 0 heterocycles. The molecule has 8 nitrogen and oxygen atoms in total. The lowest BCUT2D eigenvalue weighted by Crippen LogP contribution is -2.39. The van der Waals surface area contributed by atoms with E-state index in [4.69, 9.17) is 0 Å². The Labute approximate surface area is 113 Å². The van der Waals surface area contributed by atoms with E-state index in [1.54, 1.807) is 0 Å². The number of sulfonamides is 1. The molecule has 10 heteroatoms. The van der Waals surface area contributed by atoms with Crippen molar-refractivity contribution in [2.45, 2.75) is 17.9 Å². The van der Waals surface area contributed by atoms with Crippen molar-refractivity contribution in [1.29, 1.82) is 0 Å². The number of esters is 1. The number of ether oxygens (including phenoxy) is 1. The van der Waals surface area contributed by atoms with Crippen molar-refractivity contribution in [2.24, 2.45) is 0 Å². The number of rotatable bonds is 5. The van der Waals surface area contributed by atoms with Crippen LogP contribution >= 0.6 is 0 Å². The van der Waals surface area contributed by atoms with E-state index in [9.17, 15) is 27.7 Å². The Morgan fingerprint density at radius 2 is 2.10 bits per heavy atom. The number of nitrogens with zero attached hydrogens (tertiary/aromatic N) is 1. The van der Waals surface area contributed by atoms with E-state index < -0.39 is 43.4 Å². The lowest BCUT2D eigenvalue weighted by molar-refractivity contribution is -0.387. The lowest BCUT2D eigenvalue weighted by atomic mass is 10.3. The minimum absolute atomic E-state index is 0.504. The first-order valence-corrected chi connectivity index (χ1v) is 6.71. The molecule has 1 atom stereocenters. The maximum Gasteiger partial charge on any atom is 0.323 e. The Bertz CT molecular complexity index is 645. The third kappa shape index (κ3) is 3.48. The van der Waals surface area contributed by atoms with Crippen molar-refractivity contribution in [3.63, 3.8) is 0 Å². The largest absolute Gasteiger partial charge is 0.468 e. The third-order valence-corrected chi connectivity index (χ3v) is 3.85. The van der Waals surface area contributed by atoms with Gasteiger partial charge in [0.05, 0.1) is 16.9 Å². The normalized spacial score (nSPS) is 12.8. The summed E-state index contributed by atoms with van der Waals surface area (Å²) in [5, 5.41) is 10.4. The van der Waals surface area contributed by atoms with Crippen molar-refractivity contribution < 1.29 is 27.3 Å². The van der Waals surface area contributed by atoms with Crippen LogP contribution in [-0.4, -0.2) is 32.5 Å². The van der Waals surface area contributed by atoms with Crippen LogP contribution in [0.2, 0.25) is 0 Å². The minimum atomic E-state index is -4.19. The zero-order chi connectivity index (χ0) is 15.5. The van der Waals surface area contributed by atoms with Gasteiger partial charge in [-0.15, -0.1) is 0 Å². The van der Waals surface area contributed by atoms with Gasteiger partial charge in [0.15, 0.2) is 0 Å².